The van der Waals surface area contributed by atoms with Crippen LogP contribution in [0.15, 0.2) is 0 Å². The van der Waals surface area contributed by atoms with Gasteiger partial charge < -0.3 is 5.11 Å². The van der Waals surface area contributed by atoms with Gasteiger partial charge in [0.15, 0.2) is 5.97 Å². The molecule has 0 heterocycles. The van der Waals surface area contributed by atoms with Crippen LogP contribution in [0.3, 0.4) is 0 Å². The van der Waals surface area contributed by atoms with Crippen LogP contribution >= 0.6 is 0 Å². The van der Waals surface area contributed by atoms with Crippen molar-refractivity contribution in [1.82, 2.24) is 0 Å². The third-order valence-corrected chi connectivity index (χ3v) is 0.476. The van der Waals surface area contributed by atoms with Crippen LogP contribution in [-0.2, 0) is 4.79 Å². The smallest absolute Gasteiger partial charge is 0.503 e. The summed E-state index contributed by atoms with van der Waals surface area (Å²) in [6.07, 6.45) is 1.25. The van der Waals surface area contributed by atoms with Crippen LogP contribution in [0.25, 0.3) is 0 Å². The Morgan fingerprint density at radius 1 is 1.62 bits per heavy atom. The molecule has 0 unspecified atom stereocenters. The Labute approximate surface area is 71.6 Å². The molecular weight excluding hydrogens is 115 g/mol. The van der Waals surface area contributed by atoms with Crippen LogP contribution in [0.1, 0.15) is 13.8 Å². The minimum absolute atomic E-state index is 0. The molecule has 0 atom stereocenters. The molecule has 0 spiro atoms. The van der Waals surface area contributed by atoms with Gasteiger partial charge in [0.25, 0.3) is 0 Å². The fourth-order valence-electron chi connectivity index (χ4n) is 0.285. The van der Waals surface area contributed by atoms with Gasteiger partial charge in [-0.05, 0) is 0 Å². The summed E-state index contributed by atoms with van der Waals surface area (Å²) in [6.45, 7) is 3.66. The van der Waals surface area contributed by atoms with Crippen LogP contribution in [0.5, 0.6) is 0 Å². The monoisotopic (exact) mass is 124 g/mol. The maximum Gasteiger partial charge on any atom is 1.00 e. The molecule has 3 heteroatoms. The minimum Gasteiger partial charge on any atom is -0.503 e. The van der Waals surface area contributed by atoms with Crippen LogP contribution < -0.4 is 29.6 Å². The Kier molecular flexibility index (Phi) is 7.65. The summed E-state index contributed by atoms with van der Waals surface area (Å²) in [6, 6.07) is 0. The van der Waals surface area contributed by atoms with Gasteiger partial charge in [0.2, 0.25) is 0 Å². The van der Waals surface area contributed by atoms with Gasteiger partial charge in [0.1, 0.15) is 0 Å². The van der Waals surface area contributed by atoms with E-state index in [1.807, 2.05) is 13.8 Å². The quantitative estimate of drug-likeness (QED) is 0.339. The van der Waals surface area contributed by atoms with Crippen molar-refractivity contribution in [3.05, 3.63) is 6.42 Å². The molecule has 0 saturated carbocycles. The zero-order valence-electron chi connectivity index (χ0n) is 5.51. The van der Waals surface area contributed by atoms with Gasteiger partial charge in [-0.25, -0.2) is 0 Å². The van der Waals surface area contributed by atoms with Crippen molar-refractivity contribution in [1.29, 1.82) is 0 Å². The zero-order valence-corrected chi connectivity index (χ0v) is 7.51. The largest absolute Gasteiger partial charge is 1.00 e. The van der Waals surface area contributed by atoms with E-state index in [4.69, 9.17) is 5.11 Å². The number of carbonyl (C=O) groups is 1. The number of carboxylic acids is 1. The molecular formula is C5H9NaO2. The van der Waals surface area contributed by atoms with E-state index in [0.717, 1.165) is 0 Å². The normalized spacial score (nSPS) is 7.88. The molecule has 2 nitrogen and oxygen atoms in total. The third-order valence-electron chi connectivity index (χ3n) is 0.476. The minimum atomic E-state index is -0.838. The van der Waals surface area contributed by atoms with Crippen LogP contribution in [0, 0.1) is 12.3 Å². The van der Waals surface area contributed by atoms with Gasteiger partial charge in [-0.2, -0.15) is 5.92 Å². The Balaban J connectivity index is 0. The van der Waals surface area contributed by atoms with Crippen molar-refractivity contribution in [2.45, 2.75) is 13.8 Å². The summed E-state index contributed by atoms with van der Waals surface area (Å²) in [5.41, 5.74) is 0. The second kappa shape index (κ2) is 5.48. The number of rotatable bonds is 2. The second-order valence-corrected chi connectivity index (χ2v) is 1.75. The summed E-state index contributed by atoms with van der Waals surface area (Å²) in [4.78, 5) is 9.75. The van der Waals surface area contributed by atoms with Crippen LogP contribution in [0.4, 0.5) is 0 Å². The van der Waals surface area contributed by atoms with Gasteiger partial charge >= 0.3 is 29.6 Å². The van der Waals surface area contributed by atoms with Gasteiger partial charge in [0, 0.05) is 0 Å². The zero-order chi connectivity index (χ0) is 5.86. The van der Waals surface area contributed by atoms with Crippen molar-refractivity contribution >= 4 is 5.97 Å². The molecule has 8 heavy (non-hydrogen) atoms. The molecule has 0 radical (unpaired) electrons. The topological polar surface area (TPSA) is 37.3 Å². The fraction of sp³-hybridized carbons (Fsp3) is 0.600. The SMILES string of the molecule is CC(C)[CH-]C(=O)O.[Na+]. The Bertz CT molecular complexity index is 70.8. The fourth-order valence-corrected chi connectivity index (χ4v) is 0.285. The summed E-state index contributed by atoms with van der Waals surface area (Å²) in [5, 5.41) is 8.03. The van der Waals surface area contributed by atoms with Crippen molar-refractivity contribution in [2.24, 2.45) is 5.92 Å². The van der Waals surface area contributed by atoms with Gasteiger partial charge in [-0.1, -0.05) is 13.8 Å². The molecule has 0 aliphatic heterocycles. The maximum atomic E-state index is 9.75. The first-order valence-electron chi connectivity index (χ1n) is 2.20. The summed E-state index contributed by atoms with van der Waals surface area (Å²) in [7, 11) is 0. The average Bonchev–Trinajstić information content (AvgIpc) is 1.27. The molecule has 0 aromatic carbocycles. The van der Waals surface area contributed by atoms with E-state index in [9.17, 15) is 4.79 Å². The predicted molar refractivity (Wildman–Crippen MR) is 26.8 cm³/mol. The molecule has 0 saturated heterocycles. The first-order chi connectivity index (χ1) is 3.13. The molecule has 0 aliphatic rings. The Hall–Kier alpha value is 0.340. The molecule has 0 fully saturated rings. The van der Waals surface area contributed by atoms with E-state index in [-0.39, 0.29) is 35.5 Å². The van der Waals surface area contributed by atoms with E-state index >= 15 is 0 Å². The summed E-state index contributed by atoms with van der Waals surface area (Å²) in [5.74, 6) is -0.688. The average molecular weight is 124 g/mol. The van der Waals surface area contributed by atoms with E-state index < -0.39 is 5.97 Å². The van der Waals surface area contributed by atoms with Gasteiger partial charge in [-0.3, -0.25) is 11.2 Å². The van der Waals surface area contributed by atoms with E-state index in [1.165, 1.54) is 6.42 Å². The summed E-state index contributed by atoms with van der Waals surface area (Å²) < 4.78 is 0. The molecule has 0 amide bonds. The third kappa shape index (κ3) is 9.60. The number of hydrogen-bond donors (Lipinski definition) is 1. The van der Waals surface area contributed by atoms with Crippen molar-refractivity contribution < 1.29 is 39.5 Å². The number of carboxylic acid groups (broad SMARTS) is 1. The molecule has 0 aliphatic carbocycles. The Morgan fingerprint density at radius 2 is 2.00 bits per heavy atom. The molecule has 0 aromatic rings. The maximum absolute atomic E-state index is 9.75. The van der Waals surface area contributed by atoms with E-state index in [0.29, 0.717) is 0 Å². The summed E-state index contributed by atoms with van der Waals surface area (Å²) >= 11 is 0. The first kappa shape index (κ1) is 11.2. The van der Waals surface area contributed by atoms with Gasteiger partial charge in [-0.15, -0.1) is 0 Å². The van der Waals surface area contributed by atoms with Crippen molar-refractivity contribution in [3.63, 3.8) is 0 Å². The number of aliphatic carboxylic acids is 1. The second-order valence-electron chi connectivity index (χ2n) is 1.75. The predicted octanol–water partition coefficient (Wildman–Crippen LogP) is -2.06. The molecule has 1 N–H and O–H groups in total. The Morgan fingerprint density at radius 3 is 2.00 bits per heavy atom. The standard InChI is InChI=1S/C5H9O2.Na/c1-4(2)3-5(6)7;/h3-4H,1-2H3,(H,6,7);/q-1;+1. The molecule has 42 valence electrons. The van der Waals surface area contributed by atoms with Gasteiger partial charge in [0.05, 0.1) is 0 Å². The number of hydrogen-bond acceptors (Lipinski definition) is 1. The molecule has 0 rings (SSSR count). The van der Waals surface area contributed by atoms with Crippen LogP contribution in [-0.4, -0.2) is 11.1 Å². The van der Waals surface area contributed by atoms with Crippen LogP contribution in [0.2, 0.25) is 0 Å². The first-order valence-corrected chi connectivity index (χ1v) is 2.20. The van der Waals surface area contributed by atoms with E-state index in [2.05, 4.69) is 0 Å². The van der Waals surface area contributed by atoms with Crippen molar-refractivity contribution in [2.75, 3.05) is 0 Å². The van der Waals surface area contributed by atoms with Crippen molar-refractivity contribution in [3.8, 4) is 0 Å². The van der Waals surface area contributed by atoms with E-state index in [1.54, 1.807) is 0 Å². The molecule has 0 aromatic heterocycles. The molecule has 0 bridgehead atoms.